The maximum Gasteiger partial charge on any atom is 0.224 e. The van der Waals surface area contributed by atoms with Crippen molar-refractivity contribution in [2.24, 2.45) is 11.7 Å². The lowest BCUT2D eigenvalue weighted by atomic mass is 10.1. The quantitative estimate of drug-likeness (QED) is 0.789. The molecule has 1 rings (SSSR count). The van der Waals surface area contributed by atoms with Crippen molar-refractivity contribution in [1.29, 1.82) is 0 Å². The molecule has 0 heterocycles. The number of hydrogen-bond acceptors (Lipinski definition) is 2. The molecule has 0 aromatic heterocycles. The van der Waals surface area contributed by atoms with Gasteiger partial charge in [-0.3, -0.25) is 4.79 Å². The Balaban J connectivity index is 2.39. The van der Waals surface area contributed by atoms with Gasteiger partial charge >= 0.3 is 0 Å². The fourth-order valence-corrected chi connectivity index (χ4v) is 1.47. The van der Waals surface area contributed by atoms with E-state index in [1.165, 1.54) is 0 Å². The summed E-state index contributed by atoms with van der Waals surface area (Å²) in [6.07, 6.45) is 1.53. The molecule has 3 heteroatoms. The van der Waals surface area contributed by atoms with Gasteiger partial charge in [0, 0.05) is 13.1 Å². The largest absolute Gasteiger partial charge is 0.356 e. The highest BCUT2D eigenvalue weighted by molar-refractivity contribution is 5.78. The number of hydrogen-bond donors (Lipinski definition) is 2. The van der Waals surface area contributed by atoms with Crippen molar-refractivity contribution < 1.29 is 4.79 Å². The van der Waals surface area contributed by atoms with Gasteiger partial charge < -0.3 is 11.1 Å². The average Bonchev–Trinajstić information content (AvgIpc) is 2.36. The average molecular weight is 234 g/mol. The summed E-state index contributed by atoms with van der Waals surface area (Å²) in [6.45, 7) is 5.56. The van der Waals surface area contributed by atoms with E-state index in [1.54, 1.807) is 0 Å². The van der Waals surface area contributed by atoms with Crippen LogP contribution in [-0.2, 0) is 17.8 Å². The van der Waals surface area contributed by atoms with E-state index >= 15 is 0 Å². The van der Waals surface area contributed by atoms with E-state index in [9.17, 15) is 4.79 Å². The summed E-state index contributed by atoms with van der Waals surface area (Å²) in [5, 5.41) is 2.95. The van der Waals surface area contributed by atoms with E-state index in [0.29, 0.717) is 18.9 Å². The minimum Gasteiger partial charge on any atom is -0.356 e. The maximum absolute atomic E-state index is 11.7. The van der Waals surface area contributed by atoms with Gasteiger partial charge in [0.15, 0.2) is 0 Å². The Labute approximate surface area is 103 Å². The Kier molecular flexibility index (Phi) is 5.70. The second kappa shape index (κ2) is 7.07. The van der Waals surface area contributed by atoms with Crippen LogP contribution in [-0.4, -0.2) is 12.5 Å². The molecule has 0 bridgehead atoms. The molecule has 0 aliphatic heterocycles. The summed E-state index contributed by atoms with van der Waals surface area (Å²) in [5.74, 6) is 0.629. The van der Waals surface area contributed by atoms with Crippen molar-refractivity contribution in [3.63, 3.8) is 0 Å². The fourth-order valence-electron chi connectivity index (χ4n) is 1.47. The van der Waals surface area contributed by atoms with Crippen LogP contribution in [0, 0.1) is 5.92 Å². The van der Waals surface area contributed by atoms with Gasteiger partial charge in [-0.25, -0.2) is 0 Å². The van der Waals surface area contributed by atoms with Crippen LogP contribution in [0.25, 0.3) is 0 Å². The predicted octanol–water partition coefficient (Wildman–Crippen LogP) is 1.85. The second-order valence-corrected chi connectivity index (χ2v) is 4.51. The van der Waals surface area contributed by atoms with Gasteiger partial charge in [0.05, 0.1) is 6.42 Å². The summed E-state index contributed by atoms with van der Waals surface area (Å²) in [5.41, 5.74) is 7.64. The van der Waals surface area contributed by atoms with Crippen molar-refractivity contribution in [2.45, 2.75) is 33.2 Å². The highest BCUT2D eigenvalue weighted by atomic mass is 16.1. The van der Waals surface area contributed by atoms with Crippen LogP contribution in [0.15, 0.2) is 24.3 Å². The number of carbonyl (C=O) groups is 1. The summed E-state index contributed by atoms with van der Waals surface area (Å²) >= 11 is 0. The first-order valence-electron chi connectivity index (χ1n) is 6.20. The van der Waals surface area contributed by atoms with Gasteiger partial charge in [0.1, 0.15) is 0 Å². The maximum atomic E-state index is 11.7. The van der Waals surface area contributed by atoms with Gasteiger partial charge in [-0.15, -0.1) is 0 Å². The minimum atomic E-state index is 0.0887. The highest BCUT2D eigenvalue weighted by Crippen LogP contribution is 2.05. The van der Waals surface area contributed by atoms with Crippen LogP contribution >= 0.6 is 0 Å². The number of amides is 1. The lowest BCUT2D eigenvalue weighted by Gasteiger charge is -2.10. The molecule has 0 saturated carbocycles. The molecule has 1 atom stereocenters. The summed E-state index contributed by atoms with van der Waals surface area (Å²) in [6, 6.07) is 7.87. The zero-order valence-electron chi connectivity index (χ0n) is 10.7. The van der Waals surface area contributed by atoms with E-state index in [1.807, 2.05) is 24.3 Å². The van der Waals surface area contributed by atoms with E-state index in [4.69, 9.17) is 5.73 Å². The van der Waals surface area contributed by atoms with Crippen molar-refractivity contribution in [3.05, 3.63) is 35.4 Å². The molecule has 1 aromatic rings. The molecule has 0 aliphatic rings. The molecule has 3 N–H and O–H groups in total. The van der Waals surface area contributed by atoms with Gasteiger partial charge in [-0.2, -0.15) is 0 Å². The Morgan fingerprint density at radius 3 is 2.41 bits per heavy atom. The number of nitrogens with one attached hydrogen (secondary N) is 1. The highest BCUT2D eigenvalue weighted by Gasteiger charge is 2.05. The first-order valence-corrected chi connectivity index (χ1v) is 6.20. The van der Waals surface area contributed by atoms with Crippen molar-refractivity contribution in [2.75, 3.05) is 6.54 Å². The molecule has 0 fully saturated rings. The van der Waals surface area contributed by atoms with Crippen LogP contribution in [0.4, 0.5) is 0 Å². The Bertz CT molecular complexity index is 346. The van der Waals surface area contributed by atoms with Crippen molar-refractivity contribution in [1.82, 2.24) is 5.32 Å². The molecule has 0 saturated heterocycles. The van der Waals surface area contributed by atoms with Crippen LogP contribution in [0.1, 0.15) is 31.4 Å². The molecule has 0 radical (unpaired) electrons. The Hall–Kier alpha value is -1.35. The molecular weight excluding hydrogens is 212 g/mol. The first kappa shape index (κ1) is 13.7. The Morgan fingerprint density at radius 1 is 1.29 bits per heavy atom. The zero-order valence-corrected chi connectivity index (χ0v) is 10.7. The van der Waals surface area contributed by atoms with Crippen LogP contribution in [0.2, 0.25) is 0 Å². The van der Waals surface area contributed by atoms with E-state index in [-0.39, 0.29) is 5.91 Å². The first-order chi connectivity index (χ1) is 8.15. The van der Waals surface area contributed by atoms with Gasteiger partial charge in [-0.1, -0.05) is 44.5 Å². The van der Waals surface area contributed by atoms with Crippen LogP contribution in [0.5, 0.6) is 0 Å². The third-order valence-electron chi connectivity index (χ3n) is 2.97. The topological polar surface area (TPSA) is 55.1 Å². The summed E-state index contributed by atoms with van der Waals surface area (Å²) < 4.78 is 0. The van der Waals surface area contributed by atoms with Crippen molar-refractivity contribution in [3.8, 4) is 0 Å². The molecule has 94 valence electrons. The summed E-state index contributed by atoms with van der Waals surface area (Å²) in [7, 11) is 0. The predicted molar refractivity (Wildman–Crippen MR) is 70.5 cm³/mol. The molecule has 0 spiro atoms. The SMILES string of the molecule is CCC(C)CNC(=O)Cc1ccc(CN)cc1. The standard InChI is InChI=1S/C14H22N2O/c1-3-11(2)10-16-14(17)8-12-4-6-13(9-15)7-5-12/h4-7,11H,3,8-10,15H2,1-2H3,(H,16,17). The van der Waals surface area contributed by atoms with E-state index in [2.05, 4.69) is 19.2 Å². The molecule has 17 heavy (non-hydrogen) atoms. The fraction of sp³-hybridized carbons (Fsp3) is 0.500. The normalized spacial score (nSPS) is 12.2. The molecular formula is C14H22N2O. The molecule has 3 nitrogen and oxygen atoms in total. The smallest absolute Gasteiger partial charge is 0.224 e. The lowest BCUT2D eigenvalue weighted by Crippen LogP contribution is -2.29. The monoisotopic (exact) mass is 234 g/mol. The second-order valence-electron chi connectivity index (χ2n) is 4.51. The summed E-state index contributed by atoms with van der Waals surface area (Å²) in [4.78, 5) is 11.7. The van der Waals surface area contributed by atoms with Crippen LogP contribution in [0.3, 0.4) is 0 Å². The molecule has 1 aromatic carbocycles. The molecule has 0 aliphatic carbocycles. The number of nitrogens with two attached hydrogens (primary N) is 1. The van der Waals surface area contributed by atoms with Gasteiger partial charge in [0.2, 0.25) is 5.91 Å². The zero-order chi connectivity index (χ0) is 12.7. The third kappa shape index (κ3) is 5.00. The van der Waals surface area contributed by atoms with E-state index in [0.717, 1.165) is 24.1 Å². The Morgan fingerprint density at radius 2 is 1.88 bits per heavy atom. The van der Waals surface area contributed by atoms with Gasteiger partial charge in [0.25, 0.3) is 0 Å². The molecule has 1 unspecified atom stereocenters. The van der Waals surface area contributed by atoms with E-state index < -0.39 is 0 Å². The third-order valence-corrected chi connectivity index (χ3v) is 2.97. The number of rotatable bonds is 6. The minimum absolute atomic E-state index is 0.0887. The lowest BCUT2D eigenvalue weighted by molar-refractivity contribution is -0.120. The van der Waals surface area contributed by atoms with Crippen LogP contribution < -0.4 is 11.1 Å². The van der Waals surface area contributed by atoms with Gasteiger partial charge in [-0.05, 0) is 17.0 Å². The number of carbonyl (C=O) groups excluding carboxylic acids is 1. The number of benzene rings is 1. The van der Waals surface area contributed by atoms with Crippen molar-refractivity contribution >= 4 is 5.91 Å². The molecule has 1 amide bonds.